The lowest BCUT2D eigenvalue weighted by atomic mass is 10.0. The lowest BCUT2D eigenvalue weighted by Gasteiger charge is -2.28. The molecule has 3 heterocycles. The largest absolute Gasteiger partial charge is 0.378 e. The van der Waals surface area contributed by atoms with E-state index in [1.807, 2.05) is 45.9 Å². The van der Waals surface area contributed by atoms with Crippen molar-refractivity contribution in [3.05, 3.63) is 72.2 Å². The van der Waals surface area contributed by atoms with Crippen LogP contribution in [0.2, 0.25) is 0 Å². The smallest absolute Gasteiger partial charge is 0.150 e. The summed E-state index contributed by atoms with van der Waals surface area (Å²) in [5.74, 6) is -0.524. The van der Waals surface area contributed by atoms with E-state index in [0.717, 1.165) is 54.1 Å². The number of hydrogen-bond donors (Lipinski definition) is 1. The Balaban J connectivity index is 0.000000815. The molecule has 0 N–H and O–H groups in total. The molecular weight excluding hydrogens is 459 g/mol. The Morgan fingerprint density at radius 2 is 1.60 bits per heavy atom. The standard InChI is InChI=1S/C24H19FN4OS.2C2H6/c25-22-6-3-17(13-18(22)15-26)20-7-8-27-24-21(20)14-23(29(24)31)16-1-4-19(5-2-16)28-9-11-30-12-10-28;2*1-2/h1-8,13-14,31H,9-12H2;2*1-2H3. The summed E-state index contributed by atoms with van der Waals surface area (Å²) in [4.78, 5) is 6.80. The molecule has 0 unspecified atom stereocenters. The molecule has 4 aromatic rings. The second kappa shape index (κ2) is 12.4. The number of pyridine rings is 1. The average molecular weight is 491 g/mol. The van der Waals surface area contributed by atoms with Gasteiger partial charge in [-0.05, 0) is 53.1 Å². The molecule has 1 aliphatic heterocycles. The maximum absolute atomic E-state index is 13.8. The van der Waals surface area contributed by atoms with Crippen LogP contribution in [-0.4, -0.2) is 35.3 Å². The maximum atomic E-state index is 13.8. The van der Waals surface area contributed by atoms with E-state index in [-0.39, 0.29) is 5.56 Å². The number of anilines is 1. The van der Waals surface area contributed by atoms with Crippen LogP contribution in [0, 0.1) is 17.1 Å². The summed E-state index contributed by atoms with van der Waals surface area (Å²) in [6, 6.07) is 18.8. The molecule has 0 amide bonds. The molecule has 182 valence electrons. The maximum Gasteiger partial charge on any atom is 0.150 e. The van der Waals surface area contributed by atoms with E-state index in [2.05, 4.69) is 47.0 Å². The van der Waals surface area contributed by atoms with Gasteiger partial charge in [0.05, 0.1) is 24.5 Å². The van der Waals surface area contributed by atoms with Crippen molar-refractivity contribution in [1.82, 2.24) is 8.96 Å². The number of morpholine rings is 1. The van der Waals surface area contributed by atoms with Gasteiger partial charge in [0.25, 0.3) is 0 Å². The van der Waals surface area contributed by atoms with Crippen molar-refractivity contribution in [2.24, 2.45) is 0 Å². The molecule has 1 aliphatic rings. The second-order valence-electron chi connectivity index (χ2n) is 7.39. The number of aromatic nitrogens is 2. The van der Waals surface area contributed by atoms with E-state index in [1.165, 1.54) is 11.8 Å². The molecule has 35 heavy (non-hydrogen) atoms. The summed E-state index contributed by atoms with van der Waals surface area (Å²) in [7, 11) is 0. The van der Waals surface area contributed by atoms with Crippen molar-refractivity contribution in [1.29, 1.82) is 5.26 Å². The number of fused-ring (bicyclic) bond motifs is 1. The Morgan fingerprint density at radius 1 is 0.943 bits per heavy atom. The molecule has 0 saturated carbocycles. The van der Waals surface area contributed by atoms with Gasteiger partial charge in [0.1, 0.15) is 11.9 Å². The summed E-state index contributed by atoms with van der Waals surface area (Å²) in [6.45, 7) is 11.3. The fraction of sp³-hybridized carbons (Fsp3) is 0.286. The molecule has 0 spiro atoms. The van der Waals surface area contributed by atoms with Gasteiger partial charge in [0, 0.05) is 30.4 Å². The average Bonchev–Trinajstić information content (AvgIpc) is 3.28. The molecule has 0 radical (unpaired) electrons. The molecule has 7 heteroatoms. The minimum absolute atomic E-state index is 0.0201. The van der Waals surface area contributed by atoms with Crippen molar-refractivity contribution in [2.45, 2.75) is 27.7 Å². The van der Waals surface area contributed by atoms with Crippen molar-refractivity contribution in [3.8, 4) is 28.5 Å². The number of rotatable bonds is 3. The van der Waals surface area contributed by atoms with E-state index in [4.69, 9.17) is 4.74 Å². The molecule has 5 rings (SSSR count). The van der Waals surface area contributed by atoms with Crippen molar-refractivity contribution < 1.29 is 9.13 Å². The summed E-state index contributed by atoms with van der Waals surface area (Å²) in [5.41, 5.74) is 5.46. The second-order valence-corrected chi connectivity index (χ2v) is 7.79. The third-order valence-corrected chi connectivity index (χ3v) is 6.02. The van der Waals surface area contributed by atoms with E-state index < -0.39 is 5.82 Å². The first-order valence-electron chi connectivity index (χ1n) is 12.0. The molecule has 1 saturated heterocycles. The van der Waals surface area contributed by atoms with Gasteiger partial charge in [-0.2, -0.15) is 5.26 Å². The van der Waals surface area contributed by atoms with Crippen LogP contribution in [0.1, 0.15) is 33.3 Å². The highest BCUT2D eigenvalue weighted by atomic mass is 32.1. The van der Waals surface area contributed by atoms with E-state index >= 15 is 0 Å². The Morgan fingerprint density at radius 3 is 2.26 bits per heavy atom. The topological polar surface area (TPSA) is 54.1 Å². The van der Waals surface area contributed by atoms with E-state index in [1.54, 1.807) is 22.3 Å². The number of nitrogens with zero attached hydrogens (tertiary/aromatic N) is 4. The van der Waals surface area contributed by atoms with Gasteiger partial charge in [0.15, 0.2) is 5.65 Å². The molecule has 0 bridgehead atoms. The predicted octanol–water partition coefficient (Wildman–Crippen LogP) is 6.96. The highest BCUT2D eigenvalue weighted by Crippen LogP contribution is 2.35. The van der Waals surface area contributed by atoms with Crippen LogP contribution in [0.3, 0.4) is 0 Å². The highest BCUT2D eigenvalue weighted by molar-refractivity contribution is 7.78. The number of benzene rings is 2. The van der Waals surface area contributed by atoms with Crippen LogP contribution in [0.5, 0.6) is 0 Å². The third kappa shape index (κ3) is 5.50. The summed E-state index contributed by atoms with van der Waals surface area (Å²) < 4.78 is 21.0. The Bertz CT molecular complexity index is 1310. The van der Waals surface area contributed by atoms with Crippen LogP contribution in [-0.2, 0) is 4.74 Å². The number of thiol groups is 1. The Hall–Kier alpha value is -3.34. The molecule has 0 aliphatic carbocycles. The molecule has 5 nitrogen and oxygen atoms in total. The first-order chi connectivity index (χ1) is 17.2. The van der Waals surface area contributed by atoms with Crippen molar-refractivity contribution >= 4 is 29.5 Å². The zero-order valence-electron chi connectivity index (χ0n) is 20.6. The monoisotopic (exact) mass is 490 g/mol. The third-order valence-electron chi connectivity index (χ3n) is 5.62. The first kappa shape index (κ1) is 26.3. The number of halogens is 1. The van der Waals surface area contributed by atoms with Crippen molar-refractivity contribution in [2.75, 3.05) is 31.2 Å². The predicted molar refractivity (Wildman–Crippen MR) is 145 cm³/mol. The van der Waals surface area contributed by atoms with Gasteiger partial charge in [-0.3, -0.25) is 3.97 Å². The quantitative estimate of drug-likeness (QED) is 0.315. The minimum Gasteiger partial charge on any atom is -0.378 e. The normalized spacial score (nSPS) is 12.8. The van der Waals surface area contributed by atoms with Gasteiger partial charge >= 0.3 is 0 Å². The molecule has 2 aromatic heterocycles. The van der Waals surface area contributed by atoms with E-state index in [0.29, 0.717) is 5.65 Å². The van der Waals surface area contributed by atoms with Crippen LogP contribution in [0.4, 0.5) is 10.1 Å². The lowest BCUT2D eigenvalue weighted by Crippen LogP contribution is -2.36. The fourth-order valence-corrected chi connectivity index (χ4v) is 4.32. The van der Waals surface area contributed by atoms with Gasteiger partial charge in [0.2, 0.25) is 0 Å². The molecular formula is C28H31FN4OS. The number of nitriles is 1. The van der Waals surface area contributed by atoms with Gasteiger partial charge in [-0.1, -0.05) is 58.7 Å². The zero-order valence-corrected chi connectivity index (χ0v) is 21.5. The van der Waals surface area contributed by atoms with Crippen LogP contribution >= 0.6 is 12.8 Å². The summed E-state index contributed by atoms with van der Waals surface area (Å²) in [5, 5.41) is 10.1. The van der Waals surface area contributed by atoms with Crippen LogP contribution in [0.15, 0.2) is 60.8 Å². The van der Waals surface area contributed by atoms with E-state index in [9.17, 15) is 9.65 Å². The van der Waals surface area contributed by atoms with Crippen molar-refractivity contribution in [3.63, 3.8) is 0 Å². The highest BCUT2D eigenvalue weighted by Gasteiger charge is 2.16. The molecule has 2 aromatic carbocycles. The summed E-state index contributed by atoms with van der Waals surface area (Å²) in [6.07, 6.45) is 1.70. The molecule has 0 atom stereocenters. The Labute approximate surface area is 212 Å². The fourth-order valence-electron chi connectivity index (χ4n) is 3.99. The lowest BCUT2D eigenvalue weighted by molar-refractivity contribution is 0.122. The van der Waals surface area contributed by atoms with Gasteiger partial charge in [-0.15, -0.1) is 0 Å². The van der Waals surface area contributed by atoms with Gasteiger partial charge in [-0.25, -0.2) is 9.37 Å². The Kier molecular flexibility index (Phi) is 9.30. The SMILES string of the molecule is CC.CC.N#Cc1cc(-c2ccnc3c2cc(-c2ccc(N4CCOCC4)cc2)n3S)ccc1F. The van der Waals surface area contributed by atoms with Crippen LogP contribution < -0.4 is 4.90 Å². The van der Waals surface area contributed by atoms with Crippen LogP contribution in [0.25, 0.3) is 33.4 Å². The first-order valence-corrected chi connectivity index (χ1v) is 12.4. The summed E-state index contributed by atoms with van der Waals surface area (Å²) >= 11 is 4.68. The zero-order chi connectivity index (χ0) is 25.4. The minimum atomic E-state index is -0.524. The number of hydrogen-bond acceptors (Lipinski definition) is 5. The van der Waals surface area contributed by atoms with Gasteiger partial charge < -0.3 is 9.64 Å². The molecule has 1 fully saturated rings. The number of ether oxygens (including phenoxy) is 1.